The van der Waals surface area contributed by atoms with Gasteiger partial charge >= 0.3 is 24.4 Å². The lowest BCUT2D eigenvalue weighted by Gasteiger charge is -2.52. The fourth-order valence-corrected chi connectivity index (χ4v) is 9.16. The van der Waals surface area contributed by atoms with Crippen molar-refractivity contribution < 1.29 is 77.6 Å². The summed E-state index contributed by atoms with van der Waals surface area (Å²) in [4.78, 5) is 66.7. The highest BCUT2D eigenvalue weighted by Gasteiger charge is 2.56. The summed E-state index contributed by atoms with van der Waals surface area (Å²) in [6, 6.07) is -4.24. The molecule has 11 N–H and O–H groups in total. The zero-order valence-electron chi connectivity index (χ0n) is 44.2. The maximum atomic E-state index is 13.9. The van der Waals surface area contributed by atoms with E-state index in [2.05, 4.69) is 26.6 Å². The average Bonchev–Trinajstić information content (AvgIpc) is 3.18. The molecule has 1 unspecified atom stereocenters. The number of likely N-dealkylation sites (N-methyl/N-ethyl adjacent to an activating group) is 1. The van der Waals surface area contributed by atoms with Crippen LogP contribution in [0.4, 0.5) is 19.2 Å². The van der Waals surface area contributed by atoms with Crippen LogP contribution >= 0.6 is 0 Å². The molecule has 5 amide bonds. The van der Waals surface area contributed by atoms with Crippen LogP contribution < -0.4 is 32.3 Å². The number of nitrogens with two attached hydrogens (primary N) is 1. The summed E-state index contributed by atoms with van der Waals surface area (Å²) in [5, 5.41) is 62.1. The highest BCUT2D eigenvalue weighted by Crippen LogP contribution is 2.39. The van der Waals surface area contributed by atoms with Crippen molar-refractivity contribution in [2.24, 2.45) is 17.6 Å². The molecule has 408 valence electrons. The monoisotopic (exact) mass is 1020 g/mol. The van der Waals surface area contributed by atoms with Crippen molar-refractivity contribution in [3.63, 3.8) is 0 Å². The summed E-state index contributed by atoms with van der Waals surface area (Å²) in [5.41, 5.74) is 0.984. The van der Waals surface area contributed by atoms with E-state index in [1.165, 1.54) is 14.0 Å². The molecular formula is C48H85N7O16. The largest absolute Gasteiger partial charge is 0.492 e. The zero-order valence-corrected chi connectivity index (χ0v) is 44.2. The van der Waals surface area contributed by atoms with Gasteiger partial charge in [0, 0.05) is 37.6 Å². The van der Waals surface area contributed by atoms with Crippen LogP contribution in [0.1, 0.15) is 122 Å². The van der Waals surface area contributed by atoms with E-state index in [0.717, 1.165) is 4.90 Å². The second-order valence-corrected chi connectivity index (χ2v) is 23.5. The number of carbonyl (C=O) groups is 5. The third-order valence-corrected chi connectivity index (χ3v) is 12.2. The fourth-order valence-electron chi connectivity index (χ4n) is 9.16. The first-order valence-electron chi connectivity index (χ1n) is 24.6. The maximum absolute atomic E-state index is 13.9. The Morgan fingerprint density at radius 2 is 1.37 bits per heavy atom. The van der Waals surface area contributed by atoms with Gasteiger partial charge in [0.15, 0.2) is 6.29 Å². The minimum absolute atomic E-state index is 0.00467. The van der Waals surface area contributed by atoms with Gasteiger partial charge in [-0.3, -0.25) is 4.79 Å². The van der Waals surface area contributed by atoms with Gasteiger partial charge < -0.3 is 90.8 Å². The SMILES string of the molecule is CN(C(=O)OC(C)(C)C)[C@@H]1[C@@H](O)[C@@H](O[C@@H]2[C@@H](O)[C@H](C3OC(CN)=CC[C@H]3NCC3CC(NC(=O)OC(C)(C)C)C3)[C@@H](NC(=O)OC(C)(C)C)C[C@H]2NC(=O)[C@@H](O)CCNC(=O)OC(C)(C)C)OC[C@]1(C)O. The van der Waals surface area contributed by atoms with E-state index in [1.807, 2.05) is 6.08 Å². The molecule has 4 rings (SSSR count). The molecule has 23 heteroatoms. The first-order chi connectivity index (χ1) is 32.6. The summed E-state index contributed by atoms with van der Waals surface area (Å²) in [6.45, 7) is 21.7. The third-order valence-electron chi connectivity index (χ3n) is 12.2. The Morgan fingerprint density at radius 3 is 1.93 bits per heavy atom. The van der Waals surface area contributed by atoms with E-state index in [0.29, 0.717) is 31.6 Å². The third kappa shape index (κ3) is 18.0. The number of aliphatic hydroxyl groups is 4. The number of amides is 5. The lowest BCUT2D eigenvalue weighted by Crippen LogP contribution is -2.71. The van der Waals surface area contributed by atoms with Crippen molar-refractivity contribution in [3.05, 3.63) is 11.8 Å². The van der Waals surface area contributed by atoms with E-state index in [4.69, 9.17) is 38.9 Å². The van der Waals surface area contributed by atoms with Gasteiger partial charge in [0.2, 0.25) is 5.91 Å². The first-order valence-corrected chi connectivity index (χ1v) is 24.6. The Labute approximate surface area is 418 Å². The lowest BCUT2D eigenvalue weighted by molar-refractivity contribution is -0.306. The number of aliphatic hydroxyl groups excluding tert-OH is 3. The quantitative estimate of drug-likeness (QED) is 0.105. The first kappa shape index (κ1) is 59.3. The number of rotatable bonds is 15. The molecule has 0 bridgehead atoms. The molecule has 0 aromatic rings. The van der Waals surface area contributed by atoms with E-state index < -0.39 is 132 Å². The fraction of sp³-hybridized carbons (Fsp3) is 0.854. The predicted molar refractivity (Wildman–Crippen MR) is 257 cm³/mol. The Hall–Kier alpha value is -4.23. The Kier molecular flexibility index (Phi) is 19.9. The molecule has 2 saturated carbocycles. The lowest BCUT2D eigenvalue weighted by atomic mass is 9.71. The molecule has 2 aliphatic heterocycles. The van der Waals surface area contributed by atoms with Crippen LogP contribution in [-0.2, 0) is 38.0 Å². The Morgan fingerprint density at radius 1 is 0.803 bits per heavy atom. The number of alkyl carbamates (subject to hydrolysis) is 3. The highest BCUT2D eigenvalue weighted by atomic mass is 16.7. The zero-order chi connectivity index (χ0) is 53.6. The van der Waals surface area contributed by atoms with Crippen molar-refractivity contribution in [2.75, 3.05) is 33.3 Å². The van der Waals surface area contributed by atoms with Crippen LogP contribution in [0.3, 0.4) is 0 Å². The molecule has 12 atom stereocenters. The minimum atomic E-state index is -1.84. The molecule has 2 heterocycles. The number of carbonyl (C=O) groups excluding carboxylic acids is 5. The minimum Gasteiger partial charge on any atom is -0.492 e. The van der Waals surface area contributed by atoms with E-state index in [-0.39, 0.29) is 37.9 Å². The molecule has 3 fully saturated rings. The number of ether oxygens (including phenoxy) is 7. The van der Waals surface area contributed by atoms with Gasteiger partial charge in [-0.05, 0) is 141 Å². The maximum Gasteiger partial charge on any atom is 0.410 e. The summed E-state index contributed by atoms with van der Waals surface area (Å²) < 4.78 is 40.9. The van der Waals surface area contributed by atoms with Crippen molar-refractivity contribution in [1.82, 2.24) is 31.5 Å². The molecule has 0 radical (unpaired) electrons. The molecule has 1 saturated heterocycles. The molecule has 4 aliphatic rings. The van der Waals surface area contributed by atoms with Crippen LogP contribution in [0.5, 0.6) is 0 Å². The van der Waals surface area contributed by atoms with E-state index in [1.54, 1.807) is 83.1 Å². The Balaban J connectivity index is 1.70. The van der Waals surface area contributed by atoms with E-state index in [9.17, 15) is 44.4 Å². The van der Waals surface area contributed by atoms with Crippen molar-refractivity contribution in [1.29, 1.82) is 0 Å². The van der Waals surface area contributed by atoms with Crippen LogP contribution in [0.2, 0.25) is 0 Å². The van der Waals surface area contributed by atoms with E-state index >= 15 is 0 Å². The van der Waals surface area contributed by atoms with Gasteiger partial charge in [0.05, 0.1) is 31.3 Å². The van der Waals surface area contributed by atoms with Crippen LogP contribution in [0, 0.1) is 11.8 Å². The molecule has 23 nitrogen and oxygen atoms in total. The topological polar surface area (TPSA) is 320 Å². The standard InChI is InChI=1S/C48H85N7O16/c1-44(2,3)68-40(60)50-18-17-31(56)38(59)53-30-21-29(54-42(62)70-46(7,8)9)32(33(57)36(30)67-39-34(58)37(48(13,64)24-65-39)55(14)43(63)71-47(10,11)12)35-28(16-15-27(22-49)66-35)51-23-25-19-26(20-25)52-41(61)69-45(4,5)6/h15,25-26,28-37,39,51,56-58,64H,16-24,49H2,1-14H3,(H,50,60)(H,52,61)(H,53,59)(H,54,62)/t25?,26?,28-,29+,30-,31+,32-,33+,34-,35?,36+,37-,39-,48+/m1/s1. The van der Waals surface area contributed by atoms with Gasteiger partial charge in [-0.1, -0.05) is 0 Å². The van der Waals surface area contributed by atoms with Gasteiger partial charge in [0.25, 0.3) is 0 Å². The van der Waals surface area contributed by atoms with Crippen molar-refractivity contribution in [2.45, 2.75) is 217 Å². The van der Waals surface area contributed by atoms with Crippen LogP contribution in [0.25, 0.3) is 0 Å². The second-order valence-electron chi connectivity index (χ2n) is 23.5. The van der Waals surface area contributed by atoms with Crippen molar-refractivity contribution >= 4 is 30.3 Å². The highest BCUT2D eigenvalue weighted by molar-refractivity contribution is 5.81. The normalized spacial score (nSPS) is 31.8. The molecule has 71 heavy (non-hydrogen) atoms. The molecule has 2 aliphatic carbocycles. The summed E-state index contributed by atoms with van der Waals surface area (Å²) in [7, 11) is 1.34. The molecule has 0 spiro atoms. The van der Waals surface area contributed by atoms with Gasteiger partial charge in [-0.25, -0.2) is 19.2 Å². The van der Waals surface area contributed by atoms with Gasteiger partial charge in [-0.2, -0.15) is 0 Å². The average molecular weight is 1020 g/mol. The second kappa shape index (κ2) is 23.8. The van der Waals surface area contributed by atoms with Crippen molar-refractivity contribution in [3.8, 4) is 0 Å². The van der Waals surface area contributed by atoms with Gasteiger partial charge in [0.1, 0.15) is 58.2 Å². The summed E-state index contributed by atoms with van der Waals surface area (Å²) in [6.07, 6.45) is -9.02. The molecule has 0 aromatic carbocycles. The predicted octanol–water partition coefficient (Wildman–Crippen LogP) is 2.00. The summed E-state index contributed by atoms with van der Waals surface area (Å²) in [5.74, 6) is -1.42. The number of hydrogen-bond donors (Lipinski definition) is 10. The number of nitrogens with zero attached hydrogens (tertiary/aromatic N) is 1. The molecule has 0 aromatic heterocycles. The Bertz CT molecular complexity index is 1850. The van der Waals surface area contributed by atoms with Gasteiger partial charge in [-0.15, -0.1) is 0 Å². The molecular weight excluding hydrogens is 931 g/mol. The smallest absolute Gasteiger partial charge is 0.410 e. The number of nitrogens with one attached hydrogen (secondary N) is 5. The number of hydrogen-bond acceptors (Lipinski definition) is 18. The summed E-state index contributed by atoms with van der Waals surface area (Å²) >= 11 is 0. The van der Waals surface area contributed by atoms with Crippen LogP contribution in [0.15, 0.2) is 11.8 Å². The van der Waals surface area contributed by atoms with Crippen LogP contribution in [-0.4, -0.2) is 184 Å².